The fourth-order valence-corrected chi connectivity index (χ4v) is 2.82. The number of nitrogens with two attached hydrogens (primary N) is 1. The first-order chi connectivity index (χ1) is 9.08. The summed E-state index contributed by atoms with van der Waals surface area (Å²) in [5, 5.41) is 12.9. The van der Waals surface area contributed by atoms with Crippen LogP contribution in [-0.2, 0) is 0 Å². The second-order valence-electron chi connectivity index (χ2n) is 5.02. The lowest BCUT2D eigenvalue weighted by Gasteiger charge is -2.22. The molecule has 2 atom stereocenters. The van der Waals surface area contributed by atoms with Crippen LogP contribution in [0.25, 0.3) is 0 Å². The van der Waals surface area contributed by atoms with E-state index in [0.717, 1.165) is 36.6 Å². The summed E-state index contributed by atoms with van der Waals surface area (Å²) in [7, 11) is 0. The molecule has 1 aromatic carbocycles. The monoisotopic (exact) mass is 326 g/mol. The van der Waals surface area contributed by atoms with Gasteiger partial charge in [0.05, 0.1) is 17.7 Å². The fourth-order valence-electron chi connectivity index (χ4n) is 2.44. The van der Waals surface area contributed by atoms with Crippen LogP contribution in [0.3, 0.4) is 0 Å². The maximum atomic E-state index is 12.2. The highest BCUT2D eigenvalue weighted by Gasteiger charge is 2.24. The van der Waals surface area contributed by atoms with E-state index in [2.05, 4.69) is 21.2 Å². The zero-order chi connectivity index (χ0) is 13.8. The van der Waals surface area contributed by atoms with Crippen LogP contribution in [0.4, 0.5) is 5.69 Å². The minimum Gasteiger partial charge on any atom is -0.398 e. The molecule has 1 aromatic rings. The fraction of sp³-hybridized carbons (Fsp3) is 0.500. The summed E-state index contributed by atoms with van der Waals surface area (Å²) in [4.78, 5) is 12.2. The standard InChI is InChI=1S/C14H19BrN2O2/c15-9-6-7-10(11(16)8-9)14(19)17-12-4-2-1-3-5-13(12)18/h6-8,12-13,18H,1-5,16H2,(H,17,19). The largest absolute Gasteiger partial charge is 0.398 e. The highest BCUT2D eigenvalue weighted by Crippen LogP contribution is 2.21. The quantitative estimate of drug-likeness (QED) is 0.577. The Labute approximate surface area is 121 Å². The van der Waals surface area contributed by atoms with E-state index in [1.165, 1.54) is 0 Å². The Morgan fingerprint density at radius 2 is 2.05 bits per heavy atom. The van der Waals surface area contributed by atoms with Crippen molar-refractivity contribution in [1.82, 2.24) is 5.32 Å². The van der Waals surface area contributed by atoms with Gasteiger partial charge in [-0.1, -0.05) is 35.2 Å². The average molecular weight is 327 g/mol. The molecule has 2 unspecified atom stereocenters. The number of hydrogen-bond donors (Lipinski definition) is 3. The lowest BCUT2D eigenvalue weighted by molar-refractivity contribution is 0.0819. The minimum absolute atomic E-state index is 0.168. The summed E-state index contributed by atoms with van der Waals surface area (Å²) in [5.41, 5.74) is 6.74. The van der Waals surface area contributed by atoms with Gasteiger partial charge in [-0.2, -0.15) is 0 Å². The molecule has 0 aliphatic heterocycles. The maximum Gasteiger partial charge on any atom is 0.253 e. The van der Waals surface area contributed by atoms with Crippen molar-refractivity contribution in [2.75, 3.05) is 5.73 Å². The molecule has 104 valence electrons. The summed E-state index contributed by atoms with van der Waals surface area (Å²) >= 11 is 3.31. The molecule has 19 heavy (non-hydrogen) atoms. The van der Waals surface area contributed by atoms with Gasteiger partial charge in [0.15, 0.2) is 0 Å². The molecule has 1 fully saturated rings. The van der Waals surface area contributed by atoms with Crippen LogP contribution in [0.1, 0.15) is 42.5 Å². The van der Waals surface area contributed by atoms with E-state index in [1.807, 2.05) is 0 Å². The molecule has 2 rings (SSSR count). The smallest absolute Gasteiger partial charge is 0.253 e. The number of carbonyl (C=O) groups is 1. The van der Waals surface area contributed by atoms with Crippen molar-refractivity contribution in [3.05, 3.63) is 28.2 Å². The Morgan fingerprint density at radius 3 is 2.79 bits per heavy atom. The molecule has 1 aliphatic rings. The van der Waals surface area contributed by atoms with Gasteiger partial charge < -0.3 is 16.2 Å². The maximum absolute atomic E-state index is 12.2. The van der Waals surface area contributed by atoms with Crippen molar-refractivity contribution in [3.8, 4) is 0 Å². The third-order valence-corrected chi connectivity index (χ3v) is 4.05. The Hall–Kier alpha value is -1.07. The molecule has 0 aromatic heterocycles. The second-order valence-corrected chi connectivity index (χ2v) is 5.93. The minimum atomic E-state index is -0.455. The second kappa shape index (κ2) is 6.39. The molecule has 5 heteroatoms. The first-order valence-electron chi connectivity index (χ1n) is 6.62. The number of nitrogens with one attached hydrogen (secondary N) is 1. The topological polar surface area (TPSA) is 75.4 Å². The lowest BCUT2D eigenvalue weighted by atomic mass is 10.1. The number of rotatable bonds is 2. The van der Waals surface area contributed by atoms with Crippen molar-refractivity contribution in [2.45, 2.75) is 44.2 Å². The molecule has 0 saturated heterocycles. The molecule has 0 bridgehead atoms. The van der Waals surface area contributed by atoms with Crippen molar-refractivity contribution < 1.29 is 9.90 Å². The first-order valence-corrected chi connectivity index (χ1v) is 7.41. The lowest BCUT2D eigenvalue weighted by Crippen LogP contribution is -2.42. The number of benzene rings is 1. The predicted octanol–water partition coefficient (Wildman–Crippen LogP) is 2.45. The highest BCUT2D eigenvalue weighted by atomic mass is 79.9. The number of aliphatic hydroxyl groups excluding tert-OH is 1. The van der Waals surface area contributed by atoms with Crippen molar-refractivity contribution in [1.29, 1.82) is 0 Å². The van der Waals surface area contributed by atoms with Gasteiger partial charge in [0.2, 0.25) is 0 Å². The molecular weight excluding hydrogens is 308 g/mol. The zero-order valence-corrected chi connectivity index (χ0v) is 12.3. The van der Waals surface area contributed by atoms with E-state index in [1.54, 1.807) is 18.2 Å². The van der Waals surface area contributed by atoms with Crippen LogP contribution in [0.2, 0.25) is 0 Å². The van der Waals surface area contributed by atoms with Gasteiger partial charge in [0.25, 0.3) is 5.91 Å². The SMILES string of the molecule is Nc1cc(Br)ccc1C(=O)NC1CCCCCC1O. The Bertz CT molecular complexity index is 465. The summed E-state index contributed by atoms with van der Waals surface area (Å²) in [6, 6.07) is 5.02. The van der Waals surface area contributed by atoms with Gasteiger partial charge in [-0.05, 0) is 31.0 Å². The number of halogens is 1. The van der Waals surface area contributed by atoms with Crippen molar-refractivity contribution in [2.24, 2.45) is 0 Å². The normalized spacial score (nSPS) is 23.7. The third kappa shape index (κ3) is 3.70. The molecular formula is C14H19BrN2O2. The molecule has 0 radical (unpaired) electrons. The van der Waals surface area contributed by atoms with Crippen LogP contribution in [0.5, 0.6) is 0 Å². The van der Waals surface area contributed by atoms with Crippen LogP contribution in [0.15, 0.2) is 22.7 Å². The Kier molecular flexibility index (Phi) is 4.82. The number of amides is 1. The number of anilines is 1. The van der Waals surface area contributed by atoms with Gasteiger partial charge in [-0.25, -0.2) is 0 Å². The van der Waals surface area contributed by atoms with E-state index in [4.69, 9.17) is 5.73 Å². The molecule has 1 aliphatic carbocycles. The van der Waals surface area contributed by atoms with E-state index in [9.17, 15) is 9.90 Å². The molecule has 0 spiro atoms. The molecule has 1 amide bonds. The molecule has 4 nitrogen and oxygen atoms in total. The molecule has 0 heterocycles. The molecule has 1 saturated carbocycles. The summed E-state index contributed by atoms with van der Waals surface area (Å²) < 4.78 is 0.844. The van der Waals surface area contributed by atoms with Gasteiger partial charge in [0.1, 0.15) is 0 Å². The number of carbonyl (C=O) groups excluding carboxylic acids is 1. The van der Waals surface area contributed by atoms with Gasteiger partial charge in [0, 0.05) is 10.2 Å². The van der Waals surface area contributed by atoms with Crippen LogP contribution in [-0.4, -0.2) is 23.2 Å². The Morgan fingerprint density at radius 1 is 1.32 bits per heavy atom. The van der Waals surface area contributed by atoms with E-state index in [-0.39, 0.29) is 11.9 Å². The predicted molar refractivity (Wildman–Crippen MR) is 78.9 cm³/mol. The first kappa shape index (κ1) is 14.3. The van der Waals surface area contributed by atoms with Gasteiger partial charge in [-0.15, -0.1) is 0 Å². The highest BCUT2D eigenvalue weighted by molar-refractivity contribution is 9.10. The number of nitrogen functional groups attached to an aromatic ring is 1. The summed E-state index contributed by atoms with van der Waals surface area (Å²) in [6.07, 6.45) is 4.29. The molecule has 4 N–H and O–H groups in total. The Balaban J connectivity index is 2.07. The third-order valence-electron chi connectivity index (χ3n) is 3.55. The van der Waals surface area contributed by atoms with Crippen molar-refractivity contribution >= 4 is 27.5 Å². The summed E-state index contributed by atoms with van der Waals surface area (Å²) in [5.74, 6) is -0.212. The van der Waals surface area contributed by atoms with Crippen LogP contribution >= 0.6 is 15.9 Å². The van der Waals surface area contributed by atoms with Crippen LogP contribution in [0, 0.1) is 0 Å². The zero-order valence-electron chi connectivity index (χ0n) is 10.7. The number of aliphatic hydroxyl groups is 1. The van der Waals surface area contributed by atoms with Gasteiger partial charge >= 0.3 is 0 Å². The summed E-state index contributed by atoms with van der Waals surface area (Å²) in [6.45, 7) is 0. The van der Waals surface area contributed by atoms with E-state index >= 15 is 0 Å². The average Bonchev–Trinajstić information content (AvgIpc) is 2.55. The van der Waals surface area contributed by atoms with E-state index in [0.29, 0.717) is 11.3 Å². The van der Waals surface area contributed by atoms with Crippen LogP contribution < -0.4 is 11.1 Å². The van der Waals surface area contributed by atoms with E-state index < -0.39 is 6.10 Å². The van der Waals surface area contributed by atoms with Gasteiger partial charge in [-0.3, -0.25) is 4.79 Å². The van der Waals surface area contributed by atoms with Crippen molar-refractivity contribution in [3.63, 3.8) is 0 Å². The number of hydrogen-bond acceptors (Lipinski definition) is 3.